The van der Waals surface area contributed by atoms with E-state index < -0.39 is 0 Å². The zero-order chi connectivity index (χ0) is 20.4. The van der Waals surface area contributed by atoms with Gasteiger partial charge in [0.25, 0.3) is 11.8 Å². The van der Waals surface area contributed by atoms with E-state index in [1.54, 1.807) is 7.11 Å². The Balaban J connectivity index is 2.12. The number of nitrogens with zero attached hydrogens (tertiary/aromatic N) is 1. The molecule has 0 bridgehead atoms. The number of hydrogen-bond acceptors (Lipinski definition) is 4. The highest BCUT2D eigenvalue weighted by molar-refractivity contribution is 6.36. The minimum Gasteiger partial charge on any atom is -0.495 e. The topological polar surface area (TPSA) is 58.6 Å². The molecule has 0 radical (unpaired) electrons. The van der Waals surface area contributed by atoms with Gasteiger partial charge in [-0.2, -0.15) is 0 Å². The Labute approximate surface area is 166 Å². The zero-order valence-corrected chi connectivity index (χ0v) is 17.0. The number of carbonyl (C=O) groups is 2. The summed E-state index contributed by atoms with van der Waals surface area (Å²) in [4.78, 5) is 27.6. The Morgan fingerprint density at radius 3 is 2.36 bits per heavy atom. The highest BCUT2D eigenvalue weighted by atomic mass is 16.5. The van der Waals surface area contributed by atoms with E-state index in [1.165, 1.54) is 4.90 Å². The number of anilines is 1. The first-order chi connectivity index (χ1) is 13.3. The van der Waals surface area contributed by atoms with Crippen LogP contribution in [0.25, 0.3) is 5.57 Å². The van der Waals surface area contributed by atoms with Crippen LogP contribution in [-0.4, -0.2) is 30.4 Å². The first kappa shape index (κ1) is 19.7. The maximum Gasteiger partial charge on any atom is 0.278 e. The van der Waals surface area contributed by atoms with Gasteiger partial charge in [0.2, 0.25) is 0 Å². The van der Waals surface area contributed by atoms with Gasteiger partial charge in [-0.3, -0.25) is 14.5 Å². The largest absolute Gasteiger partial charge is 0.495 e. The van der Waals surface area contributed by atoms with Crippen LogP contribution in [0.4, 0.5) is 5.69 Å². The molecule has 28 heavy (non-hydrogen) atoms. The summed E-state index contributed by atoms with van der Waals surface area (Å²) in [6, 6.07) is 13.2. The fourth-order valence-corrected chi connectivity index (χ4v) is 3.27. The van der Waals surface area contributed by atoms with Crippen molar-refractivity contribution in [3.8, 4) is 5.75 Å². The predicted molar refractivity (Wildman–Crippen MR) is 111 cm³/mol. The summed E-state index contributed by atoms with van der Waals surface area (Å²) in [5.74, 6) is 0.216. The van der Waals surface area contributed by atoms with Gasteiger partial charge < -0.3 is 10.1 Å². The van der Waals surface area contributed by atoms with E-state index >= 15 is 0 Å². The van der Waals surface area contributed by atoms with Crippen LogP contribution in [0.15, 0.2) is 48.2 Å². The molecule has 0 saturated carbocycles. The van der Waals surface area contributed by atoms with E-state index in [-0.39, 0.29) is 17.7 Å². The summed E-state index contributed by atoms with van der Waals surface area (Å²) >= 11 is 0. The number of ether oxygens (including phenoxy) is 1. The minimum atomic E-state index is -0.308. The molecule has 1 heterocycles. The molecule has 146 valence electrons. The minimum absolute atomic E-state index is 0.180. The lowest BCUT2D eigenvalue weighted by atomic mass is 9.99. The second-order valence-electron chi connectivity index (χ2n) is 7.49. The third-order valence-corrected chi connectivity index (χ3v) is 4.88. The number of amides is 2. The summed E-state index contributed by atoms with van der Waals surface area (Å²) in [5.41, 5.74) is 4.29. The Morgan fingerprint density at radius 2 is 1.71 bits per heavy atom. The van der Waals surface area contributed by atoms with Gasteiger partial charge >= 0.3 is 0 Å². The maximum atomic E-state index is 13.2. The van der Waals surface area contributed by atoms with E-state index in [9.17, 15) is 9.59 Å². The van der Waals surface area contributed by atoms with Gasteiger partial charge in [0.05, 0.1) is 18.4 Å². The van der Waals surface area contributed by atoms with Crippen molar-refractivity contribution in [2.45, 2.75) is 27.7 Å². The SMILES string of the molecule is COc1ccccc1NC1=C(c2ccc(C)c(C)c2)C(=O)N(CC(C)C)C1=O. The first-order valence-electron chi connectivity index (χ1n) is 9.41. The van der Waals surface area contributed by atoms with Crippen LogP contribution in [0.2, 0.25) is 0 Å². The number of carbonyl (C=O) groups excluding carboxylic acids is 2. The third kappa shape index (κ3) is 3.65. The second-order valence-corrected chi connectivity index (χ2v) is 7.49. The third-order valence-electron chi connectivity index (χ3n) is 4.88. The smallest absolute Gasteiger partial charge is 0.278 e. The molecule has 0 fully saturated rings. The lowest BCUT2D eigenvalue weighted by Crippen LogP contribution is -2.35. The van der Waals surface area contributed by atoms with Crippen molar-refractivity contribution in [3.63, 3.8) is 0 Å². The van der Waals surface area contributed by atoms with E-state index in [0.29, 0.717) is 29.3 Å². The van der Waals surface area contributed by atoms with Crippen LogP contribution in [-0.2, 0) is 9.59 Å². The molecule has 1 aliphatic heterocycles. The quantitative estimate of drug-likeness (QED) is 0.767. The van der Waals surface area contributed by atoms with E-state index in [2.05, 4.69) is 5.32 Å². The fourth-order valence-electron chi connectivity index (χ4n) is 3.27. The lowest BCUT2D eigenvalue weighted by molar-refractivity contribution is -0.137. The monoisotopic (exact) mass is 378 g/mol. The lowest BCUT2D eigenvalue weighted by Gasteiger charge is -2.17. The number of para-hydroxylation sites is 2. The standard InChI is InChI=1S/C23H26N2O3/c1-14(2)13-25-22(26)20(17-11-10-15(3)16(4)12-17)21(23(25)27)24-18-8-6-7-9-19(18)28-5/h6-12,14,24H,13H2,1-5H3. The van der Waals surface area contributed by atoms with Crippen molar-refractivity contribution in [2.24, 2.45) is 5.92 Å². The van der Waals surface area contributed by atoms with Gasteiger partial charge in [-0.25, -0.2) is 0 Å². The first-order valence-corrected chi connectivity index (χ1v) is 9.41. The van der Waals surface area contributed by atoms with Crippen LogP contribution >= 0.6 is 0 Å². The normalized spacial score (nSPS) is 14.3. The fraction of sp³-hybridized carbons (Fsp3) is 0.304. The Bertz CT molecular complexity index is 960. The van der Waals surface area contributed by atoms with Gasteiger partial charge in [0, 0.05) is 6.54 Å². The molecular formula is C23H26N2O3. The van der Waals surface area contributed by atoms with Gasteiger partial charge in [-0.05, 0) is 48.6 Å². The van der Waals surface area contributed by atoms with E-state index in [4.69, 9.17) is 4.74 Å². The number of aryl methyl sites for hydroxylation is 2. The molecule has 0 aliphatic carbocycles. The van der Waals surface area contributed by atoms with Crippen molar-refractivity contribution in [1.29, 1.82) is 0 Å². The van der Waals surface area contributed by atoms with Crippen molar-refractivity contribution in [3.05, 3.63) is 64.9 Å². The number of methoxy groups -OCH3 is 1. The van der Waals surface area contributed by atoms with E-state index in [1.807, 2.05) is 70.2 Å². The summed E-state index contributed by atoms with van der Waals surface area (Å²) < 4.78 is 5.39. The highest BCUT2D eigenvalue weighted by Crippen LogP contribution is 2.34. The molecule has 1 aliphatic rings. The van der Waals surface area contributed by atoms with Crippen molar-refractivity contribution in [1.82, 2.24) is 4.90 Å². The Morgan fingerprint density at radius 1 is 1.00 bits per heavy atom. The van der Waals surface area contributed by atoms with Crippen molar-refractivity contribution in [2.75, 3.05) is 19.0 Å². The average Bonchev–Trinajstić information content (AvgIpc) is 2.88. The van der Waals surface area contributed by atoms with Crippen LogP contribution in [0.5, 0.6) is 5.75 Å². The van der Waals surface area contributed by atoms with Gasteiger partial charge in [-0.15, -0.1) is 0 Å². The summed E-state index contributed by atoms with van der Waals surface area (Å²) in [6.07, 6.45) is 0. The summed E-state index contributed by atoms with van der Waals surface area (Å²) in [6.45, 7) is 8.38. The van der Waals surface area contributed by atoms with Crippen LogP contribution < -0.4 is 10.1 Å². The predicted octanol–water partition coefficient (Wildman–Crippen LogP) is 4.16. The number of nitrogens with one attached hydrogen (secondary N) is 1. The van der Waals surface area contributed by atoms with E-state index in [0.717, 1.165) is 16.7 Å². The van der Waals surface area contributed by atoms with Crippen LogP contribution in [0.3, 0.4) is 0 Å². The molecular weight excluding hydrogens is 352 g/mol. The highest BCUT2D eigenvalue weighted by Gasteiger charge is 2.39. The second kappa shape index (κ2) is 7.89. The molecule has 3 rings (SSSR count). The van der Waals surface area contributed by atoms with Crippen molar-refractivity contribution >= 4 is 23.1 Å². The molecule has 0 aromatic heterocycles. The van der Waals surface area contributed by atoms with Crippen molar-refractivity contribution < 1.29 is 14.3 Å². The molecule has 0 atom stereocenters. The molecule has 2 amide bonds. The molecule has 2 aromatic rings. The number of rotatable bonds is 6. The zero-order valence-electron chi connectivity index (χ0n) is 17.0. The Hall–Kier alpha value is -3.08. The maximum absolute atomic E-state index is 13.2. The molecule has 0 saturated heterocycles. The van der Waals surface area contributed by atoms with Crippen LogP contribution in [0.1, 0.15) is 30.5 Å². The number of benzene rings is 2. The van der Waals surface area contributed by atoms with Crippen LogP contribution in [0, 0.1) is 19.8 Å². The molecule has 0 unspecified atom stereocenters. The van der Waals surface area contributed by atoms with Gasteiger partial charge in [0.1, 0.15) is 11.4 Å². The van der Waals surface area contributed by atoms with Gasteiger partial charge in [-0.1, -0.05) is 44.2 Å². The average molecular weight is 378 g/mol. The summed E-state index contributed by atoms with van der Waals surface area (Å²) in [5, 5.41) is 3.17. The van der Waals surface area contributed by atoms with Gasteiger partial charge in [0.15, 0.2) is 0 Å². The Kier molecular flexibility index (Phi) is 5.54. The molecule has 0 spiro atoms. The number of imide groups is 1. The number of hydrogen-bond donors (Lipinski definition) is 1. The summed E-state index contributed by atoms with van der Waals surface area (Å²) in [7, 11) is 1.58. The molecule has 5 nitrogen and oxygen atoms in total. The molecule has 2 aromatic carbocycles. The molecule has 5 heteroatoms. The molecule has 1 N–H and O–H groups in total.